The van der Waals surface area contributed by atoms with E-state index in [-0.39, 0.29) is 0 Å². The fraction of sp³-hybridized carbons (Fsp3) is 0.333. The Morgan fingerprint density at radius 2 is 1.86 bits per heavy atom. The monoisotopic (exact) mass is 224 g/mol. The lowest BCUT2D eigenvalue weighted by atomic mass is 10.5. The number of aliphatic carboxylic acids is 1. The summed E-state index contributed by atoms with van der Waals surface area (Å²) in [5.41, 5.74) is -1.73. The van der Waals surface area contributed by atoms with Gasteiger partial charge >= 0.3 is 22.1 Å². The molecule has 0 aliphatic rings. The van der Waals surface area contributed by atoms with Gasteiger partial charge in [-0.25, -0.2) is 9.59 Å². The standard InChI is InChI=1S/C6H8O7S/c1-4(14(10,11)12)13-6(9)3-2-5(7)8/h2-4H,1H3,(H,7,8)(H,10,11,12). The number of hydrogen-bond donors (Lipinski definition) is 2. The van der Waals surface area contributed by atoms with Crippen molar-refractivity contribution >= 4 is 22.1 Å². The number of carbonyl (C=O) groups is 2. The zero-order chi connectivity index (χ0) is 11.4. The molecular weight excluding hydrogens is 216 g/mol. The molecule has 0 spiro atoms. The highest BCUT2D eigenvalue weighted by Crippen LogP contribution is 2.00. The fourth-order valence-corrected chi connectivity index (χ4v) is 0.619. The first kappa shape index (κ1) is 12.6. The Morgan fingerprint density at radius 1 is 1.36 bits per heavy atom. The molecular formula is C6H8O7S. The van der Waals surface area contributed by atoms with Gasteiger partial charge in [-0.2, -0.15) is 8.42 Å². The third-order valence-corrected chi connectivity index (χ3v) is 2.00. The van der Waals surface area contributed by atoms with Crippen molar-refractivity contribution in [2.24, 2.45) is 0 Å². The molecule has 0 radical (unpaired) electrons. The van der Waals surface area contributed by atoms with Crippen LogP contribution < -0.4 is 0 Å². The average Bonchev–Trinajstić information content (AvgIpc) is 1.99. The molecule has 0 aromatic carbocycles. The van der Waals surface area contributed by atoms with Crippen LogP contribution >= 0.6 is 0 Å². The molecule has 0 amide bonds. The number of esters is 1. The number of hydrogen-bond acceptors (Lipinski definition) is 5. The summed E-state index contributed by atoms with van der Waals surface area (Å²) >= 11 is 0. The maximum absolute atomic E-state index is 10.7. The third kappa shape index (κ3) is 5.27. The van der Waals surface area contributed by atoms with Crippen LogP contribution in [0.25, 0.3) is 0 Å². The molecule has 0 saturated carbocycles. The van der Waals surface area contributed by atoms with Crippen LogP contribution in [0.5, 0.6) is 0 Å². The van der Waals surface area contributed by atoms with Gasteiger partial charge in [-0.3, -0.25) is 4.55 Å². The lowest BCUT2D eigenvalue weighted by Crippen LogP contribution is -2.22. The molecule has 0 heterocycles. The number of carboxylic acid groups (broad SMARTS) is 1. The largest absolute Gasteiger partial charge is 0.478 e. The quantitative estimate of drug-likeness (QED) is 0.372. The van der Waals surface area contributed by atoms with Gasteiger partial charge in [0, 0.05) is 12.2 Å². The zero-order valence-electron chi connectivity index (χ0n) is 7.08. The molecule has 0 bridgehead atoms. The Kier molecular flexibility index (Phi) is 4.25. The number of rotatable bonds is 4. The molecule has 0 aromatic rings. The highest BCUT2D eigenvalue weighted by atomic mass is 32.2. The van der Waals surface area contributed by atoms with Crippen molar-refractivity contribution in [1.29, 1.82) is 0 Å². The van der Waals surface area contributed by atoms with Crippen molar-refractivity contribution in [3.05, 3.63) is 12.2 Å². The first-order chi connectivity index (χ1) is 6.23. The van der Waals surface area contributed by atoms with Crippen molar-refractivity contribution in [1.82, 2.24) is 0 Å². The van der Waals surface area contributed by atoms with Gasteiger partial charge in [-0.1, -0.05) is 0 Å². The van der Waals surface area contributed by atoms with Crippen molar-refractivity contribution in [3.8, 4) is 0 Å². The molecule has 2 N–H and O–H groups in total. The van der Waals surface area contributed by atoms with Crippen LogP contribution in [0.1, 0.15) is 6.92 Å². The molecule has 14 heavy (non-hydrogen) atoms. The topological polar surface area (TPSA) is 118 Å². The summed E-state index contributed by atoms with van der Waals surface area (Å²) in [6.07, 6.45) is 1.02. The van der Waals surface area contributed by atoms with Crippen LogP contribution in [-0.4, -0.2) is 35.5 Å². The van der Waals surface area contributed by atoms with Gasteiger partial charge in [0.1, 0.15) is 0 Å². The first-order valence-corrected chi connectivity index (χ1v) is 4.81. The minimum Gasteiger partial charge on any atom is -0.478 e. The Bertz CT molecular complexity index is 352. The maximum atomic E-state index is 10.7. The number of carbonyl (C=O) groups excluding carboxylic acids is 1. The SMILES string of the molecule is CC(OC(=O)C=CC(=O)O)S(=O)(=O)O. The van der Waals surface area contributed by atoms with Gasteiger partial charge in [0.05, 0.1) is 0 Å². The predicted molar refractivity (Wildman–Crippen MR) is 43.9 cm³/mol. The summed E-state index contributed by atoms with van der Waals surface area (Å²) in [6.45, 7) is 0.932. The van der Waals surface area contributed by atoms with Crippen LogP contribution in [0.15, 0.2) is 12.2 Å². The zero-order valence-corrected chi connectivity index (χ0v) is 7.89. The maximum Gasteiger partial charge on any atom is 0.332 e. The number of carboxylic acids is 1. The van der Waals surface area contributed by atoms with E-state index in [2.05, 4.69) is 4.74 Å². The first-order valence-electron chi connectivity index (χ1n) is 3.31. The van der Waals surface area contributed by atoms with E-state index >= 15 is 0 Å². The van der Waals surface area contributed by atoms with E-state index in [0.29, 0.717) is 12.2 Å². The lowest BCUT2D eigenvalue weighted by Gasteiger charge is -2.07. The summed E-state index contributed by atoms with van der Waals surface area (Å²) in [6, 6.07) is 0. The van der Waals surface area contributed by atoms with E-state index in [4.69, 9.17) is 9.66 Å². The molecule has 0 rings (SSSR count). The summed E-state index contributed by atoms with van der Waals surface area (Å²) in [7, 11) is -4.46. The summed E-state index contributed by atoms with van der Waals surface area (Å²) in [5.74, 6) is -2.54. The fourth-order valence-electron chi connectivity index (χ4n) is 0.403. The van der Waals surface area contributed by atoms with Gasteiger partial charge in [-0.05, 0) is 6.92 Å². The molecule has 1 unspecified atom stereocenters. The highest BCUT2D eigenvalue weighted by molar-refractivity contribution is 7.86. The van der Waals surface area contributed by atoms with E-state index in [0.717, 1.165) is 6.92 Å². The Labute approximate surface area is 79.7 Å². The second kappa shape index (κ2) is 4.72. The van der Waals surface area contributed by atoms with E-state index < -0.39 is 27.5 Å². The summed E-state index contributed by atoms with van der Waals surface area (Å²) in [4.78, 5) is 20.6. The van der Waals surface area contributed by atoms with Gasteiger partial charge in [0.2, 0.25) is 5.44 Å². The molecule has 7 nitrogen and oxygen atoms in total. The third-order valence-electron chi connectivity index (χ3n) is 1.06. The van der Waals surface area contributed by atoms with Crippen molar-refractivity contribution in [2.45, 2.75) is 12.4 Å². The van der Waals surface area contributed by atoms with Crippen LogP contribution in [0.4, 0.5) is 0 Å². The molecule has 0 saturated heterocycles. The van der Waals surface area contributed by atoms with Crippen LogP contribution in [-0.2, 0) is 24.4 Å². The van der Waals surface area contributed by atoms with Crippen molar-refractivity contribution < 1.29 is 32.4 Å². The predicted octanol–water partition coefficient (Wildman–Crippen LogP) is -0.596. The minimum absolute atomic E-state index is 0.485. The molecule has 0 aliphatic carbocycles. The normalized spacial score (nSPS) is 13.9. The molecule has 0 fully saturated rings. The van der Waals surface area contributed by atoms with Gasteiger partial charge in [-0.15, -0.1) is 0 Å². The molecule has 80 valence electrons. The van der Waals surface area contributed by atoms with Crippen LogP contribution in [0.2, 0.25) is 0 Å². The minimum atomic E-state index is -4.46. The second-order valence-corrected chi connectivity index (χ2v) is 3.88. The van der Waals surface area contributed by atoms with E-state index in [9.17, 15) is 18.0 Å². The van der Waals surface area contributed by atoms with E-state index in [1.165, 1.54) is 0 Å². The van der Waals surface area contributed by atoms with E-state index in [1.54, 1.807) is 0 Å². The lowest BCUT2D eigenvalue weighted by molar-refractivity contribution is -0.140. The van der Waals surface area contributed by atoms with Crippen LogP contribution in [0.3, 0.4) is 0 Å². The van der Waals surface area contributed by atoms with Gasteiger partial charge in [0.25, 0.3) is 0 Å². The Hall–Kier alpha value is -1.41. The van der Waals surface area contributed by atoms with Crippen molar-refractivity contribution in [3.63, 3.8) is 0 Å². The Morgan fingerprint density at radius 3 is 2.21 bits per heavy atom. The molecule has 0 aliphatic heterocycles. The van der Waals surface area contributed by atoms with Crippen molar-refractivity contribution in [2.75, 3.05) is 0 Å². The van der Waals surface area contributed by atoms with E-state index in [1.807, 2.05) is 0 Å². The summed E-state index contributed by atoms with van der Waals surface area (Å²) < 4.78 is 33.2. The molecule has 0 aromatic heterocycles. The summed E-state index contributed by atoms with van der Waals surface area (Å²) in [5, 5.41) is 8.09. The van der Waals surface area contributed by atoms with Gasteiger partial charge in [0.15, 0.2) is 0 Å². The smallest absolute Gasteiger partial charge is 0.332 e. The number of ether oxygens (including phenoxy) is 1. The van der Waals surface area contributed by atoms with Gasteiger partial charge < -0.3 is 9.84 Å². The molecule has 1 atom stereocenters. The van der Waals surface area contributed by atoms with Crippen LogP contribution in [0, 0.1) is 0 Å². The second-order valence-electron chi connectivity index (χ2n) is 2.19. The highest BCUT2D eigenvalue weighted by Gasteiger charge is 2.20. The Balaban J connectivity index is 4.29. The molecule has 8 heteroatoms. The average molecular weight is 224 g/mol.